The van der Waals surface area contributed by atoms with E-state index in [1.54, 1.807) is 26.0 Å². The summed E-state index contributed by atoms with van der Waals surface area (Å²) in [6.07, 6.45) is 1.55. The molecule has 116 valence electrons. The summed E-state index contributed by atoms with van der Waals surface area (Å²) in [5.74, 6) is 0.804. The molecule has 0 radical (unpaired) electrons. The van der Waals surface area contributed by atoms with Crippen molar-refractivity contribution in [1.82, 2.24) is 4.98 Å². The average Bonchev–Trinajstić information content (AvgIpc) is 2.70. The minimum atomic E-state index is -3.85. The van der Waals surface area contributed by atoms with Crippen molar-refractivity contribution in [3.8, 4) is 0 Å². The van der Waals surface area contributed by atoms with Crippen LogP contribution < -0.4 is 9.62 Å². The molecule has 0 aromatic carbocycles. The normalized spacial score (nSPS) is 15.2. The molecule has 0 atom stereocenters. The Hall–Kier alpha value is -2.35. The van der Waals surface area contributed by atoms with Crippen molar-refractivity contribution in [2.24, 2.45) is 0 Å². The molecule has 8 heteroatoms. The van der Waals surface area contributed by atoms with Gasteiger partial charge in [-0.1, -0.05) is 0 Å². The van der Waals surface area contributed by atoms with Crippen LogP contribution in [0.25, 0.3) is 0 Å². The smallest absolute Gasteiger partial charge is 0.269 e. The molecule has 0 aliphatic carbocycles. The third kappa shape index (κ3) is 2.35. The van der Waals surface area contributed by atoms with E-state index in [0.29, 0.717) is 17.2 Å². The predicted octanol–water partition coefficient (Wildman–Crippen LogP) is 1.83. The monoisotopic (exact) mass is 321 g/mol. The Morgan fingerprint density at radius 2 is 2.14 bits per heavy atom. The lowest BCUT2D eigenvalue weighted by Gasteiger charge is -2.21. The molecule has 0 saturated heterocycles. The number of hydrogen-bond acceptors (Lipinski definition) is 5. The van der Waals surface area contributed by atoms with Gasteiger partial charge in [0.1, 0.15) is 16.4 Å². The van der Waals surface area contributed by atoms with Crippen molar-refractivity contribution in [2.45, 2.75) is 25.2 Å². The number of pyridine rings is 1. The zero-order chi connectivity index (χ0) is 15.9. The highest BCUT2D eigenvalue weighted by molar-refractivity contribution is 7.92. The van der Waals surface area contributed by atoms with Gasteiger partial charge < -0.3 is 9.73 Å². The third-order valence-electron chi connectivity index (χ3n) is 3.40. The Bertz CT molecular complexity index is 842. The average molecular weight is 321 g/mol. The molecule has 1 aliphatic rings. The van der Waals surface area contributed by atoms with Crippen molar-refractivity contribution in [3.05, 3.63) is 35.9 Å². The van der Waals surface area contributed by atoms with Gasteiger partial charge in [-0.3, -0.25) is 4.79 Å². The summed E-state index contributed by atoms with van der Waals surface area (Å²) in [5, 5.41) is 2.66. The van der Waals surface area contributed by atoms with Crippen LogP contribution in [0, 0.1) is 13.8 Å². The number of nitrogens with zero attached hydrogens (tertiary/aromatic N) is 2. The van der Waals surface area contributed by atoms with Crippen LogP contribution >= 0.6 is 0 Å². The van der Waals surface area contributed by atoms with E-state index < -0.39 is 10.0 Å². The molecule has 2 aromatic heterocycles. The van der Waals surface area contributed by atoms with Crippen LogP contribution in [0.2, 0.25) is 0 Å². The summed E-state index contributed by atoms with van der Waals surface area (Å²) in [6, 6.07) is 4.75. The van der Waals surface area contributed by atoms with Gasteiger partial charge in [0.15, 0.2) is 5.82 Å². The van der Waals surface area contributed by atoms with Crippen molar-refractivity contribution in [2.75, 3.05) is 16.2 Å². The number of carbonyl (C=O) groups excluding carboxylic acids is 1. The molecule has 1 N–H and O–H groups in total. The zero-order valence-corrected chi connectivity index (χ0v) is 13.0. The molecule has 22 heavy (non-hydrogen) atoms. The first-order chi connectivity index (χ1) is 10.4. The second-order valence-corrected chi connectivity index (χ2v) is 6.86. The van der Waals surface area contributed by atoms with Gasteiger partial charge in [0.2, 0.25) is 5.91 Å². The van der Waals surface area contributed by atoms with Gasteiger partial charge in [-0.05, 0) is 26.0 Å². The number of aromatic nitrogens is 1. The predicted molar refractivity (Wildman–Crippen MR) is 80.2 cm³/mol. The Morgan fingerprint density at radius 3 is 2.82 bits per heavy atom. The van der Waals surface area contributed by atoms with Gasteiger partial charge >= 0.3 is 0 Å². The summed E-state index contributed by atoms with van der Waals surface area (Å²) in [5.41, 5.74) is 0.381. The first-order valence-corrected chi connectivity index (χ1v) is 8.18. The standard InChI is InChI=1S/C14H15N3O4S/c1-9-8-12(10(2)21-9)22(19,20)17-7-5-13(18)16-11-4-3-6-15-14(11)17/h3-4,6,8H,5,7H2,1-2H3,(H,16,18). The topological polar surface area (TPSA) is 92.5 Å². The van der Waals surface area contributed by atoms with E-state index >= 15 is 0 Å². The Kier molecular flexibility index (Phi) is 3.40. The first kappa shape index (κ1) is 14.6. The summed E-state index contributed by atoms with van der Waals surface area (Å²) < 4.78 is 32.3. The molecule has 0 unspecified atom stereocenters. The molecular formula is C14H15N3O4S. The second kappa shape index (κ2) is 5.13. The van der Waals surface area contributed by atoms with Gasteiger partial charge in [-0.15, -0.1) is 0 Å². The van der Waals surface area contributed by atoms with E-state index in [1.165, 1.54) is 12.3 Å². The molecule has 2 aromatic rings. The summed E-state index contributed by atoms with van der Waals surface area (Å²) >= 11 is 0. The Morgan fingerprint density at radius 1 is 1.36 bits per heavy atom. The number of fused-ring (bicyclic) bond motifs is 1. The lowest BCUT2D eigenvalue weighted by Crippen LogP contribution is -2.32. The van der Waals surface area contributed by atoms with Crippen molar-refractivity contribution in [1.29, 1.82) is 0 Å². The molecule has 1 amide bonds. The van der Waals surface area contributed by atoms with Gasteiger partial charge in [0.05, 0.1) is 5.69 Å². The summed E-state index contributed by atoms with van der Waals surface area (Å²) in [6.45, 7) is 3.31. The number of anilines is 2. The van der Waals surface area contributed by atoms with Crippen molar-refractivity contribution >= 4 is 27.4 Å². The summed E-state index contributed by atoms with van der Waals surface area (Å²) in [4.78, 5) is 16.0. The van der Waals surface area contributed by atoms with Crippen LogP contribution in [0.1, 0.15) is 17.9 Å². The molecule has 0 bridgehead atoms. The van der Waals surface area contributed by atoms with Crippen molar-refractivity contribution < 1.29 is 17.6 Å². The fourth-order valence-electron chi connectivity index (χ4n) is 2.43. The number of carbonyl (C=O) groups is 1. The number of hydrogen-bond donors (Lipinski definition) is 1. The summed E-state index contributed by atoms with van der Waals surface area (Å²) in [7, 11) is -3.85. The maximum atomic E-state index is 12.9. The van der Waals surface area contributed by atoms with Crippen molar-refractivity contribution in [3.63, 3.8) is 0 Å². The number of furan rings is 1. The van der Waals surface area contributed by atoms with Crippen LogP contribution in [0.3, 0.4) is 0 Å². The van der Waals surface area contributed by atoms with E-state index in [1.807, 2.05) is 0 Å². The Labute approximate surface area is 128 Å². The molecule has 0 saturated carbocycles. The highest BCUT2D eigenvalue weighted by Crippen LogP contribution is 2.32. The quantitative estimate of drug-likeness (QED) is 0.911. The molecule has 7 nitrogen and oxygen atoms in total. The van der Waals surface area contributed by atoms with E-state index in [9.17, 15) is 13.2 Å². The van der Waals surface area contributed by atoms with Gasteiger partial charge in [0.25, 0.3) is 10.0 Å². The fraction of sp³-hybridized carbons (Fsp3) is 0.286. The van der Waals surface area contributed by atoms with E-state index in [2.05, 4.69) is 10.3 Å². The SMILES string of the molecule is Cc1cc(S(=O)(=O)N2CCC(=O)Nc3cccnc32)c(C)o1. The molecule has 1 aliphatic heterocycles. The maximum absolute atomic E-state index is 12.9. The number of rotatable bonds is 2. The molecule has 0 spiro atoms. The Balaban J connectivity index is 2.15. The van der Waals surface area contributed by atoms with E-state index in [0.717, 1.165) is 4.31 Å². The van der Waals surface area contributed by atoms with Gasteiger partial charge in [0, 0.05) is 25.2 Å². The molecule has 0 fully saturated rings. The maximum Gasteiger partial charge on any atom is 0.269 e. The number of aryl methyl sites for hydroxylation is 2. The molecule has 3 rings (SSSR count). The second-order valence-electron chi connectivity index (χ2n) is 5.03. The van der Waals surface area contributed by atoms with Gasteiger partial charge in [-0.25, -0.2) is 17.7 Å². The van der Waals surface area contributed by atoms with Crippen LogP contribution in [0.5, 0.6) is 0 Å². The first-order valence-electron chi connectivity index (χ1n) is 6.74. The lowest BCUT2D eigenvalue weighted by molar-refractivity contribution is -0.115. The number of sulfonamides is 1. The lowest BCUT2D eigenvalue weighted by atomic mass is 10.4. The molecule has 3 heterocycles. The third-order valence-corrected chi connectivity index (χ3v) is 5.30. The largest absolute Gasteiger partial charge is 0.465 e. The number of amides is 1. The highest BCUT2D eigenvalue weighted by atomic mass is 32.2. The van der Waals surface area contributed by atoms with Crippen LogP contribution in [-0.4, -0.2) is 25.9 Å². The zero-order valence-electron chi connectivity index (χ0n) is 12.2. The van der Waals surface area contributed by atoms with Gasteiger partial charge in [-0.2, -0.15) is 0 Å². The van der Waals surface area contributed by atoms with E-state index in [4.69, 9.17) is 4.42 Å². The van der Waals surface area contributed by atoms with E-state index in [-0.39, 0.29) is 29.6 Å². The number of nitrogens with one attached hydrogen (secondary N) is 1. The van der Waals surface area contributed by atoms with Crippen LogP contribution in [-0.2, 0) is 14.8 Å². The molecular weight excluding hydrogens is 306 g/mol. The minimum Gasteiger partial charge on any atom is -0.465 e. The minimum absolute atomic E-state index is 0.0296. The fourth-order valence-corrected chi connectivity index (χ4v) is 4.09. The van der Waals surface area contributed by atoms with Crippen LogP contribution in [0.15, 0.2) is 33.7 Å². The van der Waals surface area contributed by atoms with Crippen LogP contribution in [0.4, 0.5) is 11.5 Å². The highest BCUT2D eigenvalue weighted by Gasteiger charge is 2.33.